The smallest absolute Gasteiger partial charge is 0.258 e. The Morgan fingerprint density at radius 3 is 2.27 bits per heavy atom. The molecule has 3 rings (SSSR count). The average molecular weight is 313 g/mol. The summed E-state index contributed by atoms with van der Waals surface area (Å²) in [7, 11) is 0. The lowest BCUT2D eigenvalue weighted by Gasteiger charge is -2.08. The molecular formula is C17H13ClN2O2. The maximum absolute atomic E-state index is 11.6. The molecule has 0 saturated heterocycles. The summed E-state index contributed by atoms with van der Waals surface area (Å²) in [6, 6.07) is 12.8. The van der Waals surface area contributed by atoms with E-state index in [-0.39, 0.29) is 10.8 Å². The van der Waals surface area contributed by atoms with E-state index in [1.54, 1.807) is 6.07 Å². The Morgan fingerprint density at radius 1 is 1.00 bits per heavy atom. The predicted octanol–water partition coefficient (Wildman–Crippen LogP) is 5.08. The second-order valence-corrected chi connectivity index (χ2v) is 5.63. The zero-order valence-corrected chi connectivity index (χ0v) is 12.9. The molecule has 0 atom stereocenters. The Hall–Kier alpha value is -2.46. The van der Waals surface area contributed by atoms with Crippen LogP contribution in [0.5, 0.6) is 0 Å². The first-order valence-electron chi connectivity index (χ1n) is 6.78. The summed E-state index contributed by atoms with van der Waals surface area (Å²) in [5.41, 5.74) is 3.03. The van der Waals surface area contributed by atoms with Crippen LogP contribution in [0.2, 0.25) is 5.15 Å². The van der Waals surface area contributed by atoms with Crippen LogP contribution in [-0.4, -0.2) is 9.91 Å². The van der Waals surface area contributed by atoms with E-state index in [1.807, 2.05) is 50.2 Å². The molecule has 0 aliphatic heterocycles. The normalized spacial score (nSPS) is 10.9. The van der Waals surface area contributed by atoms with Crippen molar-refractivity contribution < 1.29 is 4.92 Å². The van der Waals surface area contributed by atoms with E-state index in [2.05, 4.69) is 4.98 Å². The molecule has 0 fully saturated rings. The lowest BCUT2D eigenvalue weighted by molar-refractivity contribution is -0.382. The van der Waals surface area contributed by atoms with Gasteiger partial charge in [-0.05, 0) is 26.0 Å². The van der Waals surface area contributed by atoms with Crippen molar-refractivity contribution in [2.75, 3.05) is 0 Å². The molecule has 0 radical (unpaired) electrons. The Balaban J connectivity index is 2.39. The number of benzene rings is 2. The SMILES string of the molecule is Cc1ccc(-c2nc(Cl)c3cc(C)ccc3c2[N+](=O)[O-])cc1. The highest BCUT2D eigenvalue weighted by atomic mass is 35.5. The number of halogens is 1. The van der Waals surface area contributed by atoms with Gasteiger partial charge in [0.1, 0.15) is 5.15 Å². The van der Waals surface area contributed by atoms with E-state index in [0.29, 0.717) is 22.0 Å². The fraction of sp³-hybridized carbons (Fsp3) is 0.118. The van der Waals surface area contributed by atoms with Gasteiger partial charge in [0.25, 0.3) is 0 Å². The molecule has 3 aromatic rings. The lowest BCUT2D eigenvalue weighted by Crippen LogP contribution is -1.98. The van der Waals surface area contributed by atoms with E-state index in [9.17, 15) is 10.1 Å². The molecule has 0 saturated carbocycles. The highest BCUT2D eigenvalue weighted by molar-refractivity contribution is 6.35. The minimum absolute atomic E-state index is 0.0109. The Kier molecular flexibility index (Phi) is 3.54. The molecule has 0 bridgehead atoms. The van der Waals surface area contributed by atoms with Gasteiger partial charge in [-0.15, -0.1) is 0 Å². The van der Waals surface area contributed by atoms with Gasteiger partial charge in [-0.1, -0.05) is 53.1 Å². The number of hydrogen-bond acceptors (Lipinski definition) is 3. The summed E-state index contributed by atoms with van der Waals surface area (Å²) < 4.78 is 0. The van der Waals surface area contributed by atoms with Gasteiger partial charge in [0.2, 0.25) is 0 Å². The van der Waals surface area contributed by atoms with Crippen molar-refractivity contribution >= 4 is 28.1 Å². The van der Waals surface area contributed by atoms with Crippen LogP contribution >= 0.6 is 11.6 Å². The first-order valence-corrected chi connectivity index (χ1v) is 7.16. The first kappa shape index (κ1) is 14.5. The molecule has 2 aromatic carbocycles. The van der Waals surface area contributed by atoms with E-state index in [0.717, 1.165) is 11.1 Å². The Bertz CT molecular complexity index is 889. The van der Waals surface area contributed by atoms with Crippen LogP contribution in [0.4, 0.5) is 5.69 Å². The van der Waals surface area contributed by atoms with Crippen molar-refractivity contribution in [3.8, 4) is 11.3 Å². The third-order valence-corrected chi connectivity index (χ3v) is 3.88. The number of nitrogens with zero attached hydrogens (tertiary/aromatic N) is 2. The summed E-state index contributed by atoms with van der Waals surface area (Å²) in [6.07, 6.45) is 0. The third kappa shape index (κ3) is 2.42. The number of aryl methyl sites for hydroxylation is 2. The molecule has 0 N–H and O–H groups in total. The van der Waals surface area contributed by atoms with E-state index in [1.165, 1.54) is 0 Å². The van der Waals surface area contributed by atoms with Crippen molar-refractivity contribution in [1.82, 2.24) is 4.98 Å². The summed E-state index contributed by atoms with van der Waals surface area (Å²) in [5, 5.41) is 13.0. The van der Waals surface area contributed by atoms with Crippen LogP contribution in [0.3, 0.4) is 0 Å². The Labute approximate surface area is 132 Å². The maximum atomic E-state index is 11.6. The van der Waals surface area contributed by atoms with Gasteiger partial charge >= 0.3 is 5.69 Å². The number of aromatic nitrogens is 1. The molecule has 0 spiro atoms. The molecule has 4 nitrogen and oxygen atoms in total. The molecule has 0 aliphatic carbocycles. The topological polar surface area (TPSA) is 56.0 Å². The molecule has 0 aliphatic rings. The summed E-state index contributed by atoms with van der Waals surface area (Å²) in [6.45, 7) is 3.87. The fourth-order valence-electron chi connectivity index (χ4n) is 2.47. The molecule has 5 heteroatoms. The number of nitro groups is 1. The molecule has 1 aromatic heterocycles. The fourth-order valence-corrected chi connectivity index (χ4v) is 2.71. The van der Waals surface area contributed by atoms with Gasteiger partial charge in [-0.25, -0.2) is 4.98 Å². The van der Waals surface area contributed by atoms with Gasteiger partial charge in [-0.2, -0.15) is 0 Å². The molecule has 0 amide bonds. The largest absolute Gasteiger partial charge is 0.303 e. The van der Waals surface area contributed by atoms with Gasteiger partial charge < -0.3 is 0 Å². The van der Waals surface area contributed by atoms with E-state index < -0.39 is 4.92 Å². The number of pyridine rings is 1. The van der Waals surface area contributed by atoms with Crippen molar-refractivity contribution in [3.63, 3.8) is 0 Å². The van der Waals surface area contributed by atoms with Crippen molar-refractivity contribution in [1.29, 1.82) is 0 Å². The van der Waals surface area contributed by atoms with E-state index in [4.69, 9.17) is 11.6 Å². The molecule has 22 heavy (non-hydrogen) atoms. The number of hydrogen-bond donors (Lipinski definition) is 0. The van der Waals surface area contributed by atoms with Crippen molar-refractivity contribution in [2.45, 2.75) is 13.8 Å². The van der Waals surface area contributed by atoms with Crippen LogP contribution in [0.15, 0.2) is 42.5 Å². The summed E-state index contributed by atoms with van der Waals surface area (Å²) >= 11 is 6.26. The monoisotopic (exact) mass is 312 g/mol. The van der Waals surface area contributed by atoms with Crippen LogP contribution in [0.1, 0.15) is 11.1 Å². The van der Waals surface area contributed by atoms with Gasteiger partial charge in [0, 0.05) is 10.9 Å². The van der Waals surface area contributed by atoms with Crippen LogP contribution in [-0.2, 0) is 0 Å². The third-order valence-electron chi connectivity index (χ3n) is 3.59. The van der Waals surface area contributed by atoms with Crippen molar-refractivity contribution in [3.05, 3.63) is 68.9 Å². The van der Waals surface area contributed by atoms with Gasteiger partial charge in [0.05, 0.1) is 10.3 Å². The van der Waals surface area contributed by atoms with Gasteiger partial charge in [0.15, 0.2) is 5.69 Å². The van der Waals surface area contributed by atoms with Crippen LogP contribution < -0.4 is 0 Å². The summed E-state index contributed by atoms with van der Waals surface area (Å²) in [5.74, 6) is 0. The number of fused-ring (bicyclic) bond motifs is 1. The minimum atomic E-state index is -0.393. The van der Waals surface area contributed by atoms with Crippen molar-refractivity contribution in [2.24, 2.45) is 0 Å². The quantitative estimate of drug-likeness (QED) is 0.376. The van der Waals surface area contributed by atoms with Crippen LogP contribution in [0, 0.1) is 24.0 Å². The molecule has 1 heterocycles. The second-order valence-electron chi connectivity index (χ2n) is 5.27. The minimum Gasteiger partial charge on any atom is -0.258 e. The molecular weight excluding hydrogens is 300 g/mol. The standard InChI is InChI=1S/C17H13ClN2O2/c1-10-3-6-12(7-4-10)15-16(20(21)22)13-8-5-11(2)9-14(13)17(18)19-15/h3-9H,1-2H3. The average Bonchev–Trinajstić information content (AvgIpc) is 2.48. The molecule has 110 valence electrons. The highest BCUT2D eigenvalue weighted by Crippen LogP contribution is 2.38. The zero-order chi connectivity index (χ0) is 15.9. The number of rotatable bonds is 2. The van der Waals surface area contributed by atoms with Crippen LogP contribution in [0.25, 0.3) is 22.0 Å². The lowest BCUT2D eigenvalue weighted by atomic mass is 10.0. The van der Waals surface area contributed by atoms with E-state index >= 15 is 0 Å². The van der Waals surface area contributed by atoms with Gasteiger partial charge in [-0.3, -0.25) is 10.1 Å². The second kappa shape index (κ2) is 5.39. The summed E-state index contributed by atoms with van der Waals surface area (Å²) in [4.78, 5) is 15.5. The first-order chi connectivity index (χ1) is 10.5. The highest BCUT2D eigenvalue weighted by Gasteiger charge is 2.23. The molecule has 0 unspecified atom stereocenters. The predicted molar refractivity (Wildman–Crippen MR) is 88.3 cm³/mol. The zero-order valence-electron chi connectivity index (χ0n) is 12.1. The Morgan fingerprint density at radius 2 is 1.64 bits per heavy atom. The maximum Gasteiger partial charge on any atom is 0.303 e.